The number of aliphatic imine (C=N–C) groups is 1. The first-order valence-electron chi connectivity index (χ1n) is 9.52. The largest absolute Gasteiger partial charge is 0.382 e. The van der Waals surface area contributed by atoms with Crippen molar-refractivity contribution < 1.29 is 0 Å². The topological polar surface area (TPSA) is 69.1 Å². The van der Waals surface area contributed by atoms with Crippen molar-refractivity contribution in [2.45, 2.75) is 39.0 Å². The molecule has 2 aromatic rings. The first-order chi connectivity index (χ1) is 13.1. The molecule has 0 saturated carbocycles. The standard InChI is InChI=1S/C22H25N5/c1-15-4-3-5-17(7-6-15)13-19-16(2)12-20-21(22(23)26-19)25-14-27(20)18-8-10-24-11-9-18/h5,8-12,14-15H,2-4,6-7,13,23H2,1H3. The Morgan fingerprint density at radius 2 is 2.07 bits per heavy atom. The van der Waals surface area contributed by atoms with E-state index >= 15 is 0 Å². The summed E-state index contributed by atoms with van der Waals surface area (Å²) in [4.78, 5) is 13.3. The van der Waals surface area contributed by atoms with E-state index in [4.69, 9.17) is 10.7 Å². The molecule has 27 heavy (non-hydrogen) atoms. The second-order valence-electron chi connectivity index (χ2n) is 7.43. The number of rotatable bonds is 3. The van der Waals surface area contributed by atoms with Crippen molar-refractivity contribution in [3.63, 3.8) is 0 Å². The summed E-state index contributed by atoms with van der Waals surface area (Å²) in [6.45, 7) is 6.60. The van der Waals surface area contributed by atoms with Gasteiger partial charge in [-0.3, -0.25) is 9.55 Å². The smallest absolute Gasteiger partial charge is 0.151 e. The van der Waals surface area contributed by atoms with Crippen molar-refractivity contribution in [2.75, 3.05) is 0 Å². The maximum Gasteiger partial charge on any atom is 0.151 e. The lowest BCUT2D eigenvalue weighted by atomic mass is 9.97. The van der Waals surface area contributed by atoms with E-state index in [2.05, 4.69) is 29.5 Å². The van der Waals surface area contributed by atoms with Gasteiger partial charge in [0, 0.05) is 18.8 Å². The fourth-order valence-electron chi connectivity index (χ4n) is 3.70. The summed E-state index contributed by atoms with van der Waals surface area (Å²) in [7, 11) is 0. The number of nitrogens with zero attached hydrogens (tertiary/aromatic N) is 4. The van der Waals surface area contributed by atoms with E-state index in [9.17, 15) is 0 Å². The Labute approximate surface area is 159 Å². The summed E-state index contributed by atoms with van der Waals surface area (Å²) >= 11 is 0. The van der Waals surface area contributed by atoms with Gasteiger partial charge in [-0.2, -0.15) is 0 Å². The van der Waals surface area contributed by atoms with E-state index in [0.717, 1.165) is 47.5 Å². The number of allylic oxidation sites excluding steroid dienone is 3. The van der Waals surface area contributed by atoms with Gasteiger partial charge in [0.15, 0.2) is 5.82 Å². The first-order valence-corrected chi connectivity index (χ1v) is 9.52. The third-order valence-electron chi connectivity index (χ3n) is 5.37. The van der Waals surface area contributed by atoms with Crippen LogP contribution < -0.4 is 16.4 Å². The van der Waals surface area contributed by atoms with Crippen LogP contribution in [0.5, 0.6) is 0 Å². The number of hydrogen-bond donors (Lipinski definition) is 1. The molecule has 5 nitrogen and oxygen atoms in total. The molecule has 2 aromatic heterocycles. The van der Waals surface area contributed by atoms with Gasteiger partial charge in [0.25, 0.3) is 0 Å². The number of pyridine rings is 1. The lowest BCUT2D eigenvalue weighted by Crippen LogP contribution is -2.32. The van der Waals surface area contributed by atoms with Gasteiger partial charge in [0.05, 0.1) is 16.7 Å². The van der Waals surface area contributed by atoms with Crippen LogP contribution in [0.1, 0.15) is 39.0 Å². The maximum absolute atomic E-state index is 6.31. The first kappa shape index (κ1) is 17.5. The Balaban J connectivity index is 1.70. The third kappa shape index (κ3) is 3.63. The zero-order valence-electron chi connectivity index (χ0n) is 15.7. The highest BCUT2D eigenvalue weighted by Crippen LogP contribution is 2.25. The van der Waals surface area contributed by atoms with Gasteiger partial charge in [-0.1, -0.05) is 25.2 Å². The Kier molecular flexibility index (Phi) is 4.75. The van der Waals surface area contributed by atoms with E-state index < -0.39 is 0 Å². The van der Waals surface area contributed by atoms with Gasteiger partial charge < -0.3 is 5.73 Å². The minimum absolute atomic E-state index is 0.449. The van der Waals surface area contributed by atoms with E-state index in [1.54, 1.807) is 18.7 Å². The quantitative estimate of drug-likeness (QED) is 0.857. The van der Waals surface area contributed by atoms with Crippen LogP contribution in [0, 0.1) is 5.92 Å². The molecule has 0 saturated heterocycles. The zero-order valence-corrected chi connectivity index (χ0v) is 15.7. The number of nitrogens with two attached hydrogens (primary N) is 1. The number of aromatic nitrogens is 3. The Morgan fingerprint density at radius 3 is 2.89 bits per heavy atom. The lowest BCUT2D eigenvalue weighted by Gasteiger charge is -2.10. The van der Waals surface area contributed by atoms with Crippen molar-refractivity contribution in [3.8, 4) is 5.69 Å². The second kappa shape index (κ2) is 7.35. The van der Waals surface area contributed by atoms with Crippen molar-refractivity contribution in [1.29, 1.82) is 0 Å². The third-order valence-corrected chi connectivity index (χ3v) is 5.37. The van der Waals surface area contributed by atoms with Crippen LogP contribution in [-0.4, -0.2) is 20.2 Å². The molecule has 2 aliphatic rings. The van der Waals surface area contributed by atoms with Crippen molar-refractivity contribution in [1.82, 2.24) is 14.5 Å². The highest BCUT2D eigenvalue weighted by Gasteiger charge is 2.15. The van der Waals surface area contributed by atoms with Crippen molar-refractivity contribution >= 4 is 17.6 Å². The molecule has 1 atom stereocenters. The molecule has 0 amide bonds. The Hall–Kier alpha value is -2.95. The summed E-state index contributed by atoms with van der Waals surface area (Å²) in [5, 5.41) is 1.61. The predicted molar refractivity (Wildman–Crippen MR) is 110 cm³/mol. The minimum Gasteiger partial charge on any atom is -0.382 e. The maximum atomic E-state index is 6.31. The monoisotopic (exact) mass is 359 g/mol. The fraction of sp³-hybridized carbons (Fsp3) is 0.318. The number of hydrogen-bond acceptors (Lipinski definition) is 4. The van der Waals surface area contributed by atoms with Gasteiger partial charge in [-0.15, -0.1) is 0 Å². The summed E-state index contributed by atoms with van der Waals surface area (Å²) in [6, 6.07) is 3.89. The molecule has 1 unspecified atom stereocenters. The van der Waals surface area contributed by atoms with Crippen LogP contribution in [0.25, 0.3) is 17.6 Å². The van der Waals surface area contributed by atoms with Gasteiger partial charge in [-0.05, 0) is 55.4 Å². The van der Waals surface area contributed by atoms with E-state index in [1.165, 1.54) is 18.4 Å². The highest BCUT2D eigenvalue weighted by molar-refractivity contribution is 6.09. The van der Waals surface area contributed by atoms with E-state index in [-0.39, 0.29) is 0 Å². The summed E-state index contributed by atoms with van der Waals surface area (Å²) < 4.78 is 2.00. The average molecular weight is 359 g/mol. The van der Waals surface area contributed by atoms with Gasteiger partial charge in [0.2, 0.25) is 0 Å². The highest BCUT2D eigenvalue weighted by atomic mass is 15.1. The molecule has 5 heteroatoms. The molecule has 0 fully saturated rings. The van der Waals surface area contributed by atoms with Gasteiger partial charge in [0.1, 0.15) is 11.7 Å². The number of fused-ring (bicyclic) bond motifs is 1. The van der Waals surface area contributed by atoms with Crippen LogP contribution in [0.2, 0.25) is 0 Å². The molecule has 0 radical (unpaired) electrons. The summed E-state index contributed by atoms with van der Waals surface area (Å²) in [5.41, 5.74) is 10.6. The minimum atomic E-state index is 0.449. The van der Waals surface area contributed by atoms with Crippen LogP contribution in [0.3, 0.4) is 0 Å². The molecule has 3 heterocycles. The zero-order chi connectivity index (χ0) is 18.8. The molecule has 0 aromatic carbocycles. The van der Waals surface area contributed by atoms with Crippen molar-refractivity contribution in [2.24, 2.45) is 16.6 Å². The predicted octanol–water partition coefficient (Wildman–Crippen LogP) is 2.61. The van der Waals surface area contributed by atoms with E-state index in [1.807, 2.05) is 22.8 Å². The average Bonchev–Trinajstić information content (AvgIpc) is 2.92. The Morgan fingerprint density at radius 1 is 1.26 bits per heavy atom. The molecule has 4 rings (SSSR count). The van der Waals surface area contributed by atoms with Crippen LogP contribution in [0.4, 0.5) is 0 Å². The van der Waals surface area contributed by atoms with Gasteiger partial charge in [-0.25, -0.2) is 9.98 Å². The van der Waals surface area contributed by atoms with E-state index in [0.29, 0.717) is 11.2 Å². The molecular formula is C22H25N5. The summed E-state index contributed by atoms with van der Waals surface area (Å²) in [5.74, 6) is 1.24. The fourth-order valence-corrected chi connectivity index (χ4v) is 3.70. The molecule has 1 aliphatic heterocycles. The Bertz CT molecular complexity index is 1040. The number of imidazole rings is 1. The second-order valence-corrected chi connectivity index (χ2v) is 7.43. The molecule has 138 valence electrons. The molecule has 0 spiro atoms. The lowest BCUT2D eigenvalue weighted by molar-refractivity contribution is 0.509. The van der Waals surface area contributed by atoms with Gasteiger partial charge >= 0.3 is 0 Å². The molecule has 2 N–H and O–H groups in total. The molecule has 1 aliphatic carbocycles. The van der Waals surface area contributed by atoms with Crippen LogP contribution in [-0.2, 0) is 0 Å². The molecule has 0 bridgehead atoms. The van der Waals surface area contributed by atoms with Crippen molar-refractivity contribution in [3.05, 3.63) is 65.4 Å². The molecular weight excluding hydrogens is 334 g/mol. The van der Waals surface area contributed by atoms with Crippen LogP contribution in [0.15, 0.2) is 59.6 Å². The normalized spacial score (nSPS) is 20.1. The van der Waals surface area contributed by atoms with Crippen LogP contribution >= 0.6 is 0 Å². The SMILES string of the molecule is C=C1C=c2c(ncn2-c2ccncc2)=C(N)N=C1CC1=CCCC(C)CC1. The summed E-state index contributed by atoms with van der Waals surface area (Å²) in [6.07, 6.45) is 15.3.